The summed E-state index contributed by atoms with van der Waals surface area (Å²) in [7, 11) is 4.10. The van der Waals surface area contributed by atoms with Crippen molar-refractivity contribution in [2.75, 3.05) is 27.2 Å². The van der Waals surface area contributed by atoms with Crippen LogP contribution in [-0.2, 0) is 0 Å². The standard InChI is InChI=1S/C14H20N2O3/c1-15(2)10-5-7-16(8-6-10)14(19)12-4-3-11(17)9-13(12)18/h3-4,9-10,17-18H,5-8H2,1-2H3. The Morgan fingerprint density at radius 1 is 1.26 bits per heavy atom. The summed E-state index contributed by atoms with van der Waals surface area (Å²) >= 11 is 0. The minimum atomic E-state index is -0.172. The first-order valence-electron chi connectivity index (χ1n) is 6.46. The second-order valence-electron chi connectivity index (χ2n) is 5.19. The van der Waals surface area contributed by atoms with Gasteiger partial charge in [0.25, 0.3) is 5.91 Å². The molecule has 1 heterocycles. The van der Waals surface area contributed by atoms with Gasteiger partial charge in [0.1, 0.15) is 11.5 Å². The summed E-state index contributed by atoms with van der Waals surface area (Å²) in [6.07, 6.45) is 1.88. The third-order valence-electron chi connectivity index (χ3n) is 3.69. The second kappa shape index (κ2) is 5.48. The van der Waals surface area contributed by atoms with Gasteiger partial charge in [0.15, 0.2) is 0 Å². The highest BCUT2D eigenvalue weighted by molar-refractivity contribution is 5.97. The average molecular weight is 264 g/mol. The maximum Gasteiger partial charge on any atom is 0.257 e. The molecule has 0 bridgehead atoms. The Morgan fingerprint density at radius 2 is 1.89 bits per heavy atom. The predicted molar refractivity (Wildman–Crippen MR) is 72.4 cm³/mol. The number of piperidine rings is 1. The molecule has 2 N–H and O–H groups in total. The molecule has 1 amide bonds. The number of carbonyl (C=O) groups is 1. The Balaban J connectivity index is 2.05. The number of hydrogen-bond acceptors (Lipinski definition) is 4. The fraction of sp³-hybridized carbons (Fsp3) is 0.500. The van der Waals surface area contributed by atoms with Crippen molar-refractivity contribution in [1.29, 1.82) is 0 Å². The molecule has 19 heavy (non-hydrogen) atoms. The van der Waals surface area contributed by atoms with E-state index in [4.69, 9.17) is 0 Å². The van der Waals surface area contributed by atoms with Crippen LogP contribution in [0.3, 0.4) is 0 Å². The number of carbonyl (C=O) groups excluding carboxylic acids is 1. The number of benzene rings is 1. The van der Waals surface area contributed by atoms with Crippen LogP contribution in [-0.4, -0.2) is 59.1 Å². The second-order valence-corrected chi connectivity index (χ2v) is 5.19. The quantitative estimate of drug-likeness (QED) is 0.844. The molecule has 0 saturated carbocycles. The molecule has 0 aromatic heterocycles. The van der Waals surface area contributed by atoms with Crippen molar-refractivity contribution in [3.63, 3.8) is 0 Å². The van der Waals surface area contributed by atoms with Crippen LogP contribution < -0.4 is 0 Å². The number of nitrogens with zero attached hydrogens (tertiary/aromatic N) is 2. The highest BCUT2D eigenvalue weighted by atomic mass is 16.3. The topological polar surface area (TPSA) is 64.0 Å². The zero-order chi connectivity index (χ0) is 14.0. The van der Waals surface area contributed by atoms with Gasteiger partial charge in [-0.1, -0.05) is 0 Å². The number of phenolic OH excluding ortho intramolecular Hbond substituents is 2. The fourth-order valence-electron chi connectivity index (χ4n) is 2.46. The van der Waals surface area contributed by atoms with Gasteiger partial charge in [-0.05, 0) is 39.1 Å². The number of aromatic hydroxyl groups is 2. The van der Waals surface area contributed by atoms with E-state index in [9.17, 15) is 15.0 Å². The highest BCUT2D eigenvalue weighted by Gasteiger charge is 2.25. The first kappa shape index (κ1) is 13.7. The molecular formula is C14H20N2O3. The first-order chi connectivity index (χ1) is 8.99. The van der Waals surface area contributed by atoms with Gasteiger partial charge in [0.2, 0.25) is 0 Å². The average Bonchev–Trinajstić information content (AvgIpc) is 2.38. The van der Waals surface area contributed by atoms with Crippen molar-refractivity contribution >= 4 is 5.91 Å². The lowest BCUT2D eigenvalue weighted by atomic mass is 10.0. The Bertz CT molecular complexity index is 466. The molecule has 1 saturated heterocycles. The summed E-state index contributed by atoms with van der Waals surface area (Å²) in [5.41, 5.74) is 0.251. The van der Waals surface area contributed by atoms with E-state index < -0.39 is 0 Å². The van der Waals surface area contributed by atoms with Gasteiger partial charge in [-0.25, -0.2) is 0 Å². The van der Waals surface area contributed by atoms with Gasteiger partial charge >= 0.3 is 0 Å². The fourth-order valence-corrected chi connectivity index (χ4v) is 2.46. The van der Waals surface area contributed by atoms with E-state index in [2.05, 4.69) is 4.90 Å². The van der Waals surface area contributed by atoms with E-state index in [0.717, 1.165) is 12.8 Å². The van der Waals surface area contributed by atoms with E-state index >= 15 is 0 Å². The van der Waals surface area contributed by atoms with Crippen LogP contribution in [0.5, 0.6) is 11.5 Å². The smallest absolute Gasteiger partial charge is 0.257 e. The number of likely N-dealkylation sites (tertiary alicyclic amines) is 1. The molecule has 0 atom stereocenters. The van der Waals surface area contributed by atoms with E-state index in [1.807, 2.05) is 14.1 Å². The van der Waals surface area contributed by atoms with Gasteiger partial charge in [0.05, 0.1) is 5.56 Å². The van der Waals surface area contributed by atoms with Crippen LogP contribution in [0.2, 0.25) is 0 Å². The van der Waals surface area contributed by atoms with Crippen LogP contribution in [0, 0.1) is 0 Å². The van der Waals surface area contributed by atoms with Crippen molar-refractivity contribution < 1.29 is 15.0 Å². The van der Waals surface area contributed by atoms with Gasteiger partial charge in [-0.15, -0.1) is 0 Å². The normalized spacial score (nSPS) is 16.9. The molecule has 104 valence electrons. The molecule has 1 aliphatic heterocycles. The maximum absolute atomic E-state index is 12.3. The Kier molecular flexibility index (Phi) is 3.95. The molecule has 1 aromatic rings. The lowest BCUT2D eigenvalue weighted by molar-refractivity contribution is 0.0660. The van der Waals surface area contributed by atoms with Crippen molar-refractivity contribution in [2.45, 2.75) is 18.9 Å². The van der Waals surface area contributed by atoms with Crippen LogP contribution in [0.25, 0.3) is 0 Å². The van der Waals surface area contributed by atoms with E-state index in [0.29, 0.717) is 19.1 Å². The minimum Gasteiger partial charge on any atom is -0.508 e. The summed E-state index contributed by atoms with van der Waals surface area (Å²) in [6.45, 7) is 1.39. The number of phenols is 2. The molecule has 0 aliphatic carbocycles. The zero-order valence-electron chi connectivity index (χ0n) is 11.3. The van der Waals surface area contributed by atoms with Crippen molar-refractivity contribution in [2.24, 2.45) is 0 Å². The number of hydrogen-bond donors (Lipinski definition) is 2. The van der Waals surface area contributed by atoms with Crippen molar-refractivity contribution in [1.82, 2.24) is 9.80 Å². The van der Waals surface area contributed by atoms with Gasteiger partial charge in [-0.2, -0.15) is 0 Å². The summed E-state index contributed by atoms with van der Waals surface area (Å²) in [5, 5.41) is 19.0. The third-order valence-corrected chi connectivity index (χ3v) is 3.69. The monoisotopic (exact) mass is 264 g/mol. The molecule has 1 fully saturated rings. The van der Waals surface area contributed by atoms with Gasteiger partial charge in [-0.3, -0.25) is 4.79 Å². The Morgan fingerprint density at radius 3 is 2.42 bits per heavy atom. The van der Waals surface area contributed by atoms with E-state index in [1.165, 1.54) is 18.2 Å². The molecule has 0 unspecified atom stereocenters. The summed E-state index contributed by atoms with van der Waals surface area (Å²) in [4.78, 5) is 16.2. The molecule has 5 nitrogen and oxygen atoms in total. The molecule has 1 aliphatic rings. The van der Waals surface area contributed by atoms with Crippen LogP contribution >= 0.6 is 0 Å². The van der Waals surface area contributed by atoms with Gasteiger partial charge < -0.3 is 20.0 Å². The summed E-state index contributed by atoms with van der Waals surface area (Å²) in [6, 6.07) is 4.59. The summed E-state index contributed by atoms with van der Waals surface area (Å²) < 4.78 is 0. The zero-order valence-corrected chi connectivity index (χ0v) is 11.3. The van der Waals surface area contributed by atoms with Gasteiger partial charge in [0, 0.05) is 25.2 Å². The molecular weight excluding hydrogens is 244 g/mol. The lowest BCUT2D eigenvalue weighted by Gasteiger charge is -2.35. The molecule has 2 rings (SSSR count). The Labute approximate surface area is 113 Å². The third kappa shape index (κ3) is 2.98. The minimum absolute atomic E-state index is 0.0413. The molecule has 0 spiro atoms. The largest absolute Gasteiger partial charge is 0.508 e. The number of rotatable bonds is 2. The van der Waals surface area contributed by atoms with Crippen LogP contribution in [0.4, 0.5) is 0 Å². The molecule has 0 radical (unpaired) electrons. The maximum atomic E-state index is 12.3. The highest BCUT2D eigenvalue weighted by Crippen LogP contribution is 2.25. The summed E-state index contributed by atoms with van der Waals surface area (Å²) in [5.74, 6) is -0.380. The Hall–Kier alpha value is -1.75. The molecule has 5 heteroatoms. The lowest BCUT2D eigenvalue weighted by Crippen LogP contribution is -2.44. The van der Waals surface area contributed by atoms with Crippen LogP contribution in [0.1, 0.15) is 23.2 Å². The molecule has 1 aromatic carbocycles. The SMILES string of the molecule is CN(C)C1CCN(C(=O)c2ccc(O)cc2O)CC1. The first-order valence-corrected chi connectivity index (χ1v) is 6.46. The van der Waals surface area contributed by atoms with E-state index in [1.54, 1.807) is 4.90 Å². The predicted octanol–water partition coefficient (Wildman–Crippen LogP) is 1.26. The van der Waals surface area contributed by atoms with Crippen molar-refractivity contribution in [3.8, 4) is 11.5 Å². The van der Waals surface area contributed by atoms with Crippen LogP contribution in [0.15, 0.2) is 18.2 Å². The number of amides is 1. The van der Waals surface area contributed by atoms with E-state index in [-0.39, 0.29) is 23.0 Å². The van der Waals surface area contributed by atoms with Crippen molar-refractivity contribution in [3.05, 3.63) is 23.8 Å².